The number of hydrogen-bond acceptors (Lipinski definition) is 1. The summed E-state index contributed by atoms with van der Waals surface area (Å²) < 4.78 is 0. The smallest absolute Gasteiger partial charge is 0.140 e. The van der Waals surface area contributed by atoms with Gasteiger partial charge in [-0.3, -0.25) is 4.79 Å². The third kappa shape index (κ3) is 2.41. The summed E-state index contributed by atoms with van der Waals surface area (Å²) in [5, 5.41) is 0. The van der Waals surface area contributed by atoms with Crippen molar-refractivity contribution in [1.82, 2.24) is 0 Å². The van der Waals surface area contributed by atoms with E-state index in [1.165, 1.54) is 0 Å². The minimum Gasteiger partial charge on any atom is -0.299 e. The number of Topliss-reactive ketones (excluding diaryl/α,β-unsaturated/α-hetero) is 1. The second-order valence-corrected chi connectivity index (χ2v) is 3.29. The third-order valence-electron chi connectivity index (χ3n) is 2.47. The molecule has 1 saturated carbocycles. The topological polar surface area (TPSA) is 17.1 Å². The fraction of sp³-hybridized carbons (Fsp3) is 0.417. The second kappa shape index (κ2) is 4.80. The summed E-state index contributed by atoms with van der Waals surface area (Å²) in [6.07, 6.45) is 10.4. The zero-order valence-corrected chi connectivity index (χ0v) is 8.12. The molecule has 0 aromatic heterocycles. The highest BCUT2D eigenvalue weighted by atomic mass is 16.1. The number of carbonyl (C=O) groups is 1. The van der Waals surface area contributed by atoms with E-state index in [2.05, 4.69) is 6.58 Å². The van der Waals surface area contributed by atoms with Gasteiger partial charge >= 0.3 is 0 Å². The number of allylic oxidation sites excluding steroid dienone is 5. The molecule has 1 atom stereocenters. The molecule has 1 aliphatic rings. The first-order chi connectivity index (χ1) is 6.29. The van der Waals surface area contributed by atoms with Gasteiger partial charge in [0.25, 0.3) is 0 Å². The van der Waals surface area contributed by atoms with E-state index in [4.69, 9.17) is 0 Å². The number of ketones is 1. The van der Waals surface area contributed by atoms with Gasteiger partial charge in [-0.1, -0.05) is 30.9 Å². The Kier molecular flexibility index (Phi) is 3.69. The van der Waals surface area contributed by atoms with Crippen LogP contribution in [0.5, 0.6) is 0 Å². The minimum absolute atomic E-state index is 0.154. The van der Waals surface area contributed by atoms with Gasteiger partial charge in [-0.25, -0.2) is 0 Å². The van der Waals surface area contributed by atoms with Crippen LogP contribution in [0.1, 0.15) is 26.2 Å². The van der Waals surface area contributed by atoms with E-state index in [1.54, 1.807) is 6.08 Å². The van der Waals surface area contributed by atoms with Crippen LogP contribution in [0.4, 0.5) is 0 Å². The molecule has 70 valence electrons. The molecule has 1 aliphatic carbocycles. The summed E-state index contributed by atoms with van der Waals surface area (Å²) in [5.74, 6) is 0.544. The minimum atomic E-state index is 0.154. The van der Waals surface area contributed by atoms with Gasteiger partial charge in [0.2, 0.25) is 0 Å². The molecule has 1 unspecified atom stereocenters. The molecule has 1 rings (SSSR count). The largest absolute Gasteiger partial charge is 0.299 e. The quantitative estimate of drug-likeness (QED) is 0.604. The van der Waals surface area contributed by atoms with Crippen molar-refractivity contribution in [3.05, 3.63) is 36.5 Å². The summed E-state index contributed by atoms with van der Waals surface area (Å²) >= 11 is 0. The van der Waals surface area contributed by atoms with E-state index in [9.17, 15) is 4.79 Å². The molecule has 0 aromatic carbocycles. The van der Waals surface area contributed by atoms with E-state index in [0.717, 1.165) is 24.8 Å². The van der Waals surface area contributed by atoms with Crippen molar-refractivity contribution in [1.29, 1.82) is 0 Å². The summed E-state index contributed by atoms with van der Waals surface area (Å²) in [5.41, 5.74) is 1.14. The van der Waals surface area contributed by atoms with Crippen molar-refractivity contribution in [3.63, 3.8) is 0 Å². The predicted molar refractivity (Wildman–Crippen MR) is 55.4 cm³/mol. The highest BCUT2D eigenvalue weighted by Gasteiger charge is 2.25. The molecule has 0 bridgehead atoms. The van der Waals surface area contributed by atoms with Gasteiger partial charge in [0.05, 0.1) is 0 Å². The standard InChI is InChI=1S/C12H16O/c1-3-5-7-10(4-2)11-8-6-9-12(11)13/h3-5,7,11H,1,6,8-9H2,2H3/b7-5-,10-4+. The van der Waals surface area contributed by atoms with Gasteiger partial charge in [0.15, 0.2) is 0 Å². The second-order valence-electron chi connectivity index (χ2n) is 3.29. The van der Waals surface area contributed by atoms with Crippen LogP contribution >= 0.6 is 0 Å². The van der Waals surface area contributed by atoms with Crippen molar-refractivity contribution in [2.45, 2.75) is 26.2 Å². The maximum absolute atomic E-state index is 11.4. The zero-order chi connectivity index (χ0) is 9.68. The first-order valence-electron chi connectivity index (χ1n) is 4.77. The predicted octanol–water partition coefficient (Wildman–Crippen LogP) is 3.04. The van der Waals surface area contributed by atoms with Gasteiger partial charge in [-0.15, -0.1) is 0 Å². The molecule has 1 fully saturated rings. The van der Waals surface area contributed by atoms with Crippen LogP contribution in [0, 0.1) is 5.92 Å². The van der Waals surface area contributed by atoms with E-state index in [-0.39, 0.29) is 5.92 Å². The molecular formula is C12H16O. The Morgan fingerprint density at radius 2 is 2.38 bits per heavy atom. The highest BCUT2D eigenvalue weighted by Crippen LogP contribution is 2.28. The maximum atomic E-state index is 11.4. The zero-order valence-electron chi connectivity index (χ0n) is 8.12. The van der Waals surface area contributed by atoms with Gasteiger partial charge in [0, 0.05) is 12.3 Å². The molecule has 0 aromatic rings. The van der Waals surface area contributed by atoms with Crippen LogP contribution in [-0.2, 0) is 4.79 Å². The summed E-state index contributed by atoms with van der Waals surface area (Å²) in [4.78, 5) is 11.4. The average Bonchev–Trinajstić information content (AvgIpc) is 2.54. The van der Waals surface area contributed by atoms with Crippen molar-refractivity contribution < 1.29 is 4.79 Å². The van der Waals surface area contributed by atoms with E-state index >= 15 is 0 Å². The molecule has 0 spiro atoms. The van der Waals surface area contributed by atoms with Crippen LogP contribution < -0.4 is 0 Å². The van der Waals surface area contributed by atoms with Gasteiger partial charge < -0.3 is 0 Å². The van der Waals surface area contributed by atoms with Crippen LogP contribution in [0.15, 0.2) is 36.5 Å². The number of carbonyl (C=O) groups excluding carboxylic acids is 1. The molecule has 1 nitrogen and oxygen atoms in total. The molecule has 13 heavy (non-hydrogen) atoms. The van der Waals surface area contributed by atoms with Crippen molar-refractivity contribution in [2.24, 2.45) is 5.92 Å². The number of rotatable bonds is 3. The Balaban J connectivity index is 2.72. The monoisotopic (exact) mass is 176 g/mol. The Bertz CT molecular complexity index is 258. The summed E-state index contributed by atoms with van der Waals surface area (Å²) in [6, 6.07) is 0. The molecular weight excluding hydrogens is 160 g/mol. The van der Waals surface area contributed by atoms with Gasteiger partial charge in [0.1, 0.15) is 5.78 Å². The summed E-state index contributed by atoms with van der Waals surface area (Å²) in [6.45, 7) is 5.59. The highest BCUT2D eigenvalue weighted by molar-refractivity contribution is 5.86. The van der Waals surface area contributed by atoms with E-state index in [1.807, 2.05) is 25.2 Å². The molecule has 1 heteroatoms. The van der Waals surface area contributed by atoms with Crippen molar-refractivity contribution in [3.8, 4) is 0 Å². The molecule has 0 heterocycles. The van der Waals surface area contributed by atoms with Crippen LogP contribution in [-0.4, -0.2) is 5.78 Å². The van der Waals surface area contributed by atoms with E-state index < -0.39 is 0 Å². The normalized spacial score (nSPS) is 24.2. The van der Waals surface area contributed by atoms with E-state index in [0.29, 0.717) is 5.78 Å². The lowest BCUT2D eigenvalue weighted by atomic mass is 9.96. The first-order valence-corrected chi connectivity index (χ1v) is 4.77. The Morgan fingerprint density at radius 1 is 1.62 bits per heavy atom. The lowest BCUT2D eigenvalue weighted by Gasteiger charge is -2.07. The average molecular weight is 176 g/mol. The van der Waals surface area contributed by atoms with Crippen molar-refractivity contribution in [2.75, 3.05) is 0 Å². The Labute approximate surface area is 79.8 Å². The maximum Gasteiger partial charge on any atom is 0.140 e. The van der Waals surface area contributed by atoms with Gasteiger partial charge in [-0.2, -0.15) is 0 Å². The van der Waals surface area contributed by atoms with Gasteiger partial charge in [-0.05, 0) is 25.3 Å². The van der Waals surface area contributed by atoms with Crippen LogP contribution in [0.3, 0.4) is 0 Å². The fourth-order valence-electron chi connectivity index (χ4n) is 1.76. The molecule has 0 radical (unpaired) electrons. The number of hydrogen-bond donors (Lipinski definition) is 0. The Hall–Kier alpha value is -1.11. The fourth-order valence-corrected chi connectivity index (χ4v) is 1.76. The Morgan fingerprint density at radius 3 is 2.85 bits per heavy atom. The lowest BCUT2D eigenvalue weighted by Crippen LogP contribution is -2.07. The first kappa shape index (κ1) is 9.97. The summed E-state index contributed by atoms with van der Waals surface area (Å²) in [7, 11) is 0. The molecule has 0 N–H and O–H groups in total. The van der Waals surface area contributed by atoms with Crippen molar-refractivity contribution >= 4 is 5.78 Å². The molecule has 0 aliphatic heterocycles. The molecule has 0 saturated heterocycles. The molecule has 0 amide bonds. The third-order valence-corrected chi connectivity index (χ3v) is 2.47. The van der Waals surface area contributed by atoms with Crippen LogP contribution in [0.2, 0.25) is 0 Å². The van der Waals surface area contributed by atoms with Crippen LogP contribution in [0.25, 0.3) is 0 Å². The SMILES string of the molecule is C=C/C=C\C(=C/C)C1CCCC1=O. The lowest BCUT2D eigenvalue weighted by molar-refractivity contribution is -0.119.